The molecule has 3 nitrogen and oxygen atoms in total. The molecule has 1 saturated carbocycles. The van der Waals surface area contributed by atoms with E-state index in [0.29, 0.717) is 23.3 Å². The quantitative estimate of drug-likeness (QED) is 0.862. The van der Waals surface area contributed by atoms with Crippen molar-refractivity contribution in [1.82, 2.24) is 0 Å². The number of aliphatic hydroxyl groups excluding tert-OH is 1. The Balaban J connectivity index is 2.33. The summed E-state index contributed by atoms with van der Waals surface area (Å²) in [7, 11) is 1.59. The average Bonchev–Trinajstić information content (AvgIpc) is 3.05. The van der Waals surface area contributed by atoms with Gasteiger partial charge in [0.2, 0.25) is 0 Å². The molecule has 0 aliphatic heterocycles. The van der Waals surface area contributed by atoms with Crippen LogP contribution in [-0.4, -0.2) is 24.9 Å². The molecule has 1 aromatic rings. The highest BCUT2D eigenvalue weighted by Gasteiger charge is 2.26. The summed E-state index contributed by atoms with van der Waals surface area (Å²) in [4.78, 5) is 0. The highest BCUT2D eigenvalue weighted by molar-refractivity contribution is 6.30. The molecule has 1 N–H and O–H groups in total. The van der Waals surface area contributed by atoms with Gasteiger partial charge < -0.3 is 14.6 Å². The number of hydrogen-bond acceptors (Lipinski definition) is 3. The van der Waals surface area contributed by atoms with Crippen molar-refractivity contribution in [2.45, 2.75) is 25.4 Å². The zero-order valence-electron chi connectivity index (χ0n) is 9.20. The van der Waals surface area contributed by atoms with Gasteiger partial charge in [-0.3, -0.25) is 0 Å². The van der Waals surface area contributed by atoms with Crippen molar-refractivity contribution in [3.63, 3.8) is 0 Å². The standard InChI is InChI=1S/C12H15ClO3/c1-15-11-7-9(13)6-8(4-5-14)12(11)16-10-2-3-10/h6-7,10,14H,2-5H2,1H3. The van der Waals surface area contributed by atoms with Crippen LogP contribution in [0.15, 0.2) is 12.1 Å². The number of methoxy groups -OCH3 is 1. The van der Waals surface area contributed by atoms with Gasteiger partial charge in [0.05, 0.1) is 13.2 Å². The lowest BCUT2D eigenvalue weighted by Crippen LogP contribution is -2.03. The van der Waals surface area contributed by atoms with Crippen LogP contribution in [0.25, 0.3) is 0 Å². The van der Waals surface area contributed by atoms with Crippen LogP contribution in [0.5, 0.6) is 11.5 Å². The van der Waals surface area contributed by atoms with Crippen molar-refractivity contribution in [2.75, 3.05) is 13.7 Å². The first-order valence-electron chi connectivity index (χ1n) is 5.38. The molecule has 0 radical (unpaired) electrons. The predicted molar refractivity (Wildman–Crippen MR) is 62.4 cm³/mol. The first-order chi connectivity index (χ1) is 7.74. The minimum atomic E-state index is 0.0739. The molecule has 2 rings (SSSR count). The van der Waals surface area contributed by atoms with Gasteiger partial charge in [0.1, 0.15) is 0 Å². The van der Waals surface area contributed by atoms with Gasteiger partial charge in [-0.15, -0.1) is 0 Å². The predicted octanol–water partition coefficient (Wildman–Crippen LogP) is 2.42. The molecule has 1 aliphatic rings. The molecule has 4 heteroatoms. The number of hydrogen-bond donors (Lipinski definition) is 1. The van der Waals surface area contributed by atoms with Crippen molar-refractivity contribution >= 4 is 11.6 Å². The van der Waals surface area contributed by atoms with E-state index in [1.54, 1.807) is 13.2 Å². The summed E-state index contributed by atoms with van der Waals surface area (Å²) >= 11 is 5.97. The van der Waals surface area contributed by atoms with Crippen LogP contribution in [0.4, 0.5) is 0 Å². The van der Waals surface area contributed by atoms with Crippen molar-refractivity contribution in [2.24, 2.45) is 0 Å². The Bertz CT molecular complexity index is 375. The lowest BCUT2D eigenvalue weighted by Gasteiger charge is -2.14. The van der Waals surface area contributed by atoms with E-state index in [1.165, 1.54) is 0 Å². The molecule has 0 unspecified atom stereocenters. The molecule has 1 aliphatic carbocycles. The van der Waals surface area contributed by atoms with Crippen LogP contribution in [0.3, 0.4) is 0 Å². The summed E-state index contributed by atoms with van der Waals surface area (Å²) in [5.41, 5.74) is 0.902. The topological polar surface area (TPSA) is 38.7 Å². The molecule has 88 valence electrons. The van der Waals surface area contributed by atoms with Gasteiger partial charge in [0.15, 0.2) is 11.5 Å². The molecule has 0 atom stereocenters. The van der Waals surface area contributed by atoms with Gasteiger partial charge in [0, 0.05) is 23.3 Å². The van der Waals surface area contributed by atoms with Gasteiger partial charge in [-0.1, -0.05) is 11.6 Å². The summed E-state index contributed by atoms with van der Waals surface area (Å²) in [5.74, 6) is 1.37. The normalized spacial score (nSPS) is 14.9. The second-order valence-electron chi connectivity index (χ2n) is 3.89. The summed E-state index contributed by atoms with van der Waals surface area (Å²) in [6.07, 6.45) is 3.00. The molecule has 0 bridgehead atoms. The lowest BCUT2D eigenvalue weighted by molar-refractivity contribution is 0.269. The molecule has 0 heterocycles. The minimum absolute atomic E-state index is 0.0739. The zero-order valence-corrected chi connectivity index (χ0v) is 9.96. The number of benzene rings is 1. The van der Waals surface area contributed by atoms with Gasteiger partial charge in [0.25, 0.3) is 0 Å². The summed E-state index contributed by atoms with van der Waals surface area (Å²) in [6, 6.07) is 3.55. The smallest absolute Gasteiger partial charge is 0.164 e. The third-order valence-corrected chi connectivity index (χ3v) is 2.72. The van der Waals surface area contributed by atoms with Crippen molar-refractivity contribution in [3.8, 4) is 11.5 Å². The number of ether oxygens (including phenoxy) is 2. The van der Waals surface area contributed by atoms with Crippen molar-refractivity contribution in [3.05, 3.63) is 22.7 Å². The number of halogens is 1. The molecular weight excluding hydrogens is 228 g/mol. The van der Waals surface area contributed by atoms with Gasteiger partial charge in [-0.2, -0.15) is 0 Å². The van der Waals surface area contributed by atoms with E-state index in [0.717, 1.165) is 24.2 Å². The Morgan fingerprint density at radius 2 is 2.19 bits per heavy atom. The maximum atomic E-state index is 9.01. The maximum Gasteiger partial charge on any atom is 0.164 e. The molecule has 16 heavy (non-hydrogen) atoms. The lowest BCUT2D eigenvalue weighted by atomic mass is 10.1. The molecule has 1 aromatic carbocycles. The van der Waals surface area contributed by atoms with E-state index in [1.807, 2.05) is 6.07 Å². The molecule has 0 spiro atoms. The SMILES string of the molecule is COc1cc(Cl)cc(CCO)c1OC1CC1. The van der Waals surface area contributed by atoms with Gasteiger partial charge >= 0.3 is 0 Å². The minimum Gasteiger partial charge on any atom is -0.493 e. The Morgan fingerprint density at radius 3 is 2.75 bits per heavy atom. The van der Waals surface area contributed by atoms with Crippen LogP contribution in [-0.2, 0) is 6.42 Å². The van der Waals surface area contributed by atoms with E-state index >= 15 is 0 Å². The van der Waals surface area contributed by atoms with Crippen LogP contribution in [0, 0.1) is 0 Å². The van der Waals surface area contributed by atoms with E-state index < -0.39 is 0 Å². The molecule has 0 saturated heterocycles. The zero-order chi connectivity index (χ0) is 11.5. The summed E-state index contributed by atoms with van der Waals surface area (Å²) < 4.78 is 11.0. The average molecular weight is 243 g/mol. The molecule has 1 fully saturated rings. The second-order valence-corrected chi connectivity index (χ2v) is 4.32. The van der Waals surface area contributed by atoms with Crippen LogP contribution < -0.4 is 9.47 Å². The molecule has 0 aromatic heterocycles. The second kappa shape index (κ2) is 4.93. The van der Waals surface area contributed by atoms with Crippen LogP contribution in [0.1, 0.15) is 18.4 Å². The Labute approximate surface area is 99.9 Å². The molecular formula is C12H15ClO3. The summed E-state index contributed by atoms with van der Waals surface area (Å²) in [6.45, 7) is 0.0739. The van der Waals surface area contributed by atoms with Crippen LogP contribution in [0.2, 0.25) is 5.02 Å². The Hall–Kier alpha value is -0.930. The van der Waals surface area contributed by atoms with Gasteiger partial charge in [-0.05, 0) is 25.3 Å². The first-order valence-corrected chi connectivity index (χ1v) is 5.76. The fraction of sp³-hybridized carbons (Fsp3) is 0.500. The van der Waals surface area contributed by atoms with E-state index in [4.69, 9.17) is 26.2 Å². The highest BCUT2D eigenvalue weighted by atomic mass is 35.5. The largest absolute Gasteiger partial charge is 0.493 e. The Kier molecular flexibility index (Phi) is 3.56. The third kappa shape index (κ3) is 2.60. The van der Waals surface area contributed by atoms with E-state index in [-0.39, 0.29) is 6.61 Å². The van der Waals surface area contributed by atoms with Gasteiger partial charge in [-0.25, -0.2) is 0 Å². The first kappa shape index (κ1) is 11.6. The molecule has 0 amide bonds. The monoisotopic (exact) mass is 242 g/mol. The van der Waals surface area contributed by atoms with Crippen molar-refractivity contribution < 1.29 is 14.6 Å². The van der Waals surface area contributed by atoms with Crippen molar-refractivity contribution in [1.29, 1.82) is 0 Å². The Morgan fingerprint density at radius 1 is 1.44 bits per heavy atom. The number of aliphatic hydroxyl groups is 1. The third-order valence-electron chi connectivity index (χ3n) is 2.51. The maximum absolute atomic E-state index is 9.01. The van der Waals surface area contributed by atoms with E-state index in [2.05, 4.69) is 0 Å². The van der Waals surface area contributed by atoms with E-state index in [9.17, 15) is 0 Å². The van der Waals surface area contributed by atoms with Crippen LogP contribution >= 0.6 is 11.6 Å². The fourth-order valence-electron chi connectivity index (χ4n) is 1.57. The fourth-order valence-corrected chi connectivity index (χ4v) is 1.80. The number of rotatable bonds is 5. The summed E-state index contributed by atoms with van der Waals surface area (Å²) in [5, 5.41) is 9.61. The highest BCUT2D eigenvalue weighted by Crippen LogP contribution is 2.38.